The van der Waals surface area contributed by atoms with Crippen LogP contribution in [-0.2, 0) is 4.74 Å². The van der Waals surface area contributed by atoms with Gasteiger partial charge in [-0.15, -0.1) is 4.48 Å². The maximum atomic E-state index is 13.2. The van der Waals surface area contributed by atoms with Crippen LogP contribution in [0.5, 0.6) is 0 Å². The largest absolute Gasteiger partial charge is 0.531 e. The van der Waals surface area contributed by atoms with Gasteiger partial charge in [-0.2, -0.15) is 4.79 Å². The minimum atomic E-state index is -0.318. The van der Waals surface area contributed by atoms with E-state index < -0.39 is 0 Å². The molecule has 3 rings (SSSR count). The van der Waals surface area contributed by atoms with Crippen molar-refractivity contribution in [2.45, 2.75) is 6.92 Å². The van der Waals surface area contributed by atoms with E-state index in [0.717, 1.165) is 17.1 Å². The molecule has 0 aromatic heterocycles. The smallest absolute Gasteiger partial charge is 0.419 e. The van der Waals surface area contributed by atoms with Crippen molar-refractivity contribution in [3.8, 4) is 0 Å². The number of ether oxygens (including phenoxy) is 1. The van der Waals surface area contributed by atoms with Crippen LogP contribution in [0.2, 0.25) is 0 Å². The molecule has 0 saturated carbocycles. The Balaban J connectivity index is 2.35. The molecule has 0 fully saturated rings. The van der Waals surface area contributed by atoms with Crippen molar-refractivity contribution in [2.75, 3.05) is 6.61 Å². The Kier molecular flexibility index (Phi) is 4.73. The molecule has 0 heterocycles. The zero-order valence-corrected chi connectivity index (χ0v) is 13.6. The van der Waals surface area contributed by atoms with Gasteiger partial charge in [0.2, 0.25) is 0 Å². The van der Waals surface area contributed by atoms with Crippen LogP contribution in [0.1, 0.15) is 6.92 Å². The number of hydrogen-bond acceptors (Lipinski definition) is 2. The van der Waals surface area contributed by atoms with Gasteiger partial charge in [0.15, 0.2) is 17.1 Å². The van der Waals surface area contributed by atoms with Crippen molar-refractivity contribution in [1.82, 2.24) is 4.48 Å². The summed E-state index contributed by atoms with van der Waals surface area (Å²) >= 11 is 0. The molecule has 0 aliphatic rings. The van der Waals surface area contributed by atoms with E-state index in [1.54, 1.807) is 0 Å². The van der Waals surface area contributed by atoms with Crippen molar-refractivity contribution in [1.29, 1.82) is 0 Å². The van der Waals surface area contributed by atoms with Crippen LogP contribution in [0.25, 0.3) is 0 Å². The molecule has 0 unspecified atom stereocenters. The van der Waals surface area contributed by atoms with E-state index in [9.17, 15) is 4.79 Å². The Labute approximate surface area is 142 Å². The Morgan fingerprint density at radius 3 is 1.33 bits per heavy atom. The Bertz CT molecular complexity index is 689. The van der Waals surface area contributed by atoms with Crippen molar-refractivity contribution < 1.29 is 9.53 Å². The maximum Gasteiger partial charge on any atom is 0.531 e. The van der Waals surface area contributed by atoms with E-state index in [4.69, 9.17) is 4.74 Å². The van der Waals surface area contributed by atoms with Crippen molar-refractivity contribution in [2.24, 2.45) is 0 Å². The fourth-order valence-electron chi connectivity index (χ4n) is 2.94. The quantitative estimate of drug-likeness (QED) is 0.567. The number of hydrogen-bond donors (Lipinski definition) is 0. The van der Waals surface area contributed by atoms with Gasteiger partial charge in [0.25, 0.3) is 0 Å². The number of quaternary nitrogens is 1. The molecule has 3 heteroatoms. The van der Waals surface area contributed by atoms with Crippen molar-refractivity contribution in [3.63, 3.8) is 0 Å². The summed E-state index contributed by atoms with van der Waals surface area (Å²) in [6, 6.07) is 29.2. The summed E-state index contributed by atoms with van der Waals surface area (Å²) in [4.78, 5) is 13.2. The van der Waals surface area contributed by atoms with Gasteiger partial charge in [-0.25, -0.2) is 0 Å². The van der Waals surface area contributed by atoms with Gasteiger partial charge in [-0.1, -0.05) is 54.6 Å². The molecular weight excluding hydrogens is 298 g/mol. The minimum Gasteiger partial charge on any atom is -0.419 e. The molecular formula is C21H20NO2+. The fraction of sp³-hybridized carbons (Fsp3) is 0.0952. The Morgan fingerprint density at radius 1 is 0.708 bits per heavy atom. The first-order valence-corrected chi connectivity index (χ1v) is 8.03. The summed E-state index contributed by atoms with van der Waals surface area (Å²) in [5.41, 5.74) is 2.52. The predicted molar refractivity (Wildman–Crippen MR) is 97.5 cm³/mol. The molecule has 0 aliphatic carbocycles. The molecule has 3 aromatic rings. The molecule has 120 valence electrons. The summed E-state index contributed by atoms with van der Waals surface area (Å²) < 4.78 is 5.40. The number of rotatable bonds is 4. The zero-order valence-electron chi connectivity index (χ0n) is 13.6. The highest BCUT2D eigenvalue weighted by atomic mass is 16.6. The topological polar surface area (TPSA) is 26.3 Å². The number of para-hydroxylation sites is 3. The van der Waals surface area contributed by atoms with Crippen LogP contribution in [0, 0.1) is 0 Å². The summed E-state index contributed by atoms with van der Waals surface area (Å²) in [6.07, 6.45) is -0.318. The summed E-state index contributed by atoms with van der Waals surface area (Å²) in [6.45, 7) is 2.15. The number of carbonyl (C=O) groups excluding carboxylic acids is 1. The predicted octanol–water partition coefficient (Wildman–Crippen LogP) is 5.81. The molecule has 0 bridgehead atoms. The molecule has 0 atom stereocenters. The highest BCUT2D eigenvalue weighted by Gasteiger charge is 2.46. The lowest BCUT2D eigenvalue weighted by molar-refractivity contribution is 0.136. The lowest BCUT2D eigenvalue weighted by Crippen LogP contribution is -2.45. The SMILES string of the molecule is CCOC(=O)[N+](c1ccccc1)(c1ccccc1)c1ccccc1. The second kappa shape index (κ2) is 7.11. The molecule has 1 amide bonds. The average molecular weight is 318 g/mol. The third kappa shape index (κ3) is 2.70. The number of amides is 1. The molecule has 0 spiro atoms. The van der Waals surface area contributed by atoms with E-state index in [2.05, 4.69) is 0 Å². The van der Waals surface area contributed by atoms with Gasteiger partial charge in [0.1, 0.15) is 0 Å². The summed E-state index contributed by atoms with van der Waals surface area (Å²) in [5, 5.41) is 0. The monoisotopic (exact) mass is 318 g/mol. The van der Waals surface area contributed by atoms with Crippen molar-refractivity contribution >= 4 is 23.2 Å². The number of carbonyl (C=O) groups is 1. The van der Waals surface area contributed by atoms with E-state index >= 15 is 0 Å². The van der Waals surface area contributed by atoms with Crippen LogP contribution in [-0.4, -0.2) is 12.7 Å². The maximum absolute atomic E-state index is 13.2. The molecule has 3 aromatic carbocycles. The third-order valence-corrected chi connectivity index (χ3v) is 3.97. The lowest BCUT2D eigenvalue weighted by atomic mass is 10.1. The standard InChI is InChI=1S/C21H20NO2/c1-2-24-21(23)22(18-12-6-3-7-13-18,19-14-8-4-9-15-19)20-16-10-5-11-17-20/h3-17H,2H2,1H3/q+1. The van der Waals surface area contributed by atoms with E-state index in [-0.39, 0.29) is 10.6 Å². The minimum absolute atomic E-state index is 0.101. The highest BCUT2D eigenvalue weighted by molar-refractivity contribution is 5.97. The lowest BCUT2D eigenvalue weighted by Gasteiger charge is -2.32. The van der Waals surface area contributed by atoms with Gasteiger partial charge in [0, 0.05) is 36.4 Å². The van der Waals surface area contributed by atoms with Gasteiger partial charge in [-0.05, 0) is 6.92 Å². The van der Waals surface area contributed by atoms with Gasteiger partial charge in [-0.3, -0.25) is 0 Å². The second-order valence-electron chi connectivity index (χ2n) is 5.38. The summed E-state index contributed by atoms with van der Waals surface area (Å²) in [5.74, 6) is 0. The van der Waals surface area contributed by atoms with Gasteiger partial charge in [0.05, 0.1) is 6.61 Å². The highest BCUT2D eigenvalue weighted by Crippen LogP contribution is 2.44. The Morgan fingerprint density at radius 2 is 1.04 bits per heavy atom. The van der Waals surface area contributed by atoms with Crippen molar-refractivity contribution in [3.05, 3.63) is 91.0 Å². The van der Waals surface area contributed by atoms with Gasteiger partial charge >= 0.3 is 6.09 Å². The van der Waals surface area contributed by atoms with E-state index in [1.165, 1.54) is 0 Å². The van der Waals surface area contributed by atoms with Crippen LogP contribution < -0.4 is 4.48 Å². The first-order chi connectivity index (χ1) is 11.8. The first kappa shape index (κ1) is 16.0. The van der Waals surface area contributed by atoms with E-state index in [1.807, 2.05) is 97.9 Å². The number of benzene rings is 3. The van der Waals surface area contributed by atoms with Crippen LogP contribution in [0.15, 0.2) is 91.0 Å². The van der Waals surface area contributed by atoms with Crippen LogP contribution in [0.4, 0.5) is 21.9 Å². The summed E-state index contributed by atoms with van der Waals surface area (Å²) in [7, 11) is 0. The fourth-order valence-corrected chi connectivity index (χ4v) is 2.94. The Hall–Kier alpha value is -2.91. The van der Waals surface area contributed by atoms with Gasteiger partial charge < -0.3 is 4.74 Å². The molecule has 0 aliphatic heterocycles. The first-order valence-electron chi connectivity index (χ1n) is 8.03. The second-order valence-corrected chi connectivity index (χ2v) is 5.38. The molecule has 24 heavy (non-hydrogen) atoms. The van der Waals surface area contributed by atoms with Crippen LogP contribution in [0.3, 0.4) is 0 Å². The molecule has 0 saturated heterocycles. The average Bonchev–Trinajstić information content (AvgIpc) is 2.65. The normalized spacial score (nSPS) is 11.0. The number of nitrogens with zero attached hydrogens (tertiary/aromatic N) is 1. The molecule has 3 nitrogen and oxygen atoms in total. The zero-order chi connectivity index (χ0) is 16.8. The van der Waals surface area contributed by atoms with E-state index in [0.29, 0.717) is 6.61 Å². The molecule has 0 radical (unpaired) electrons. The third-order valence-electron chi connectivity index (χ3n) is 3.97. The molecule has 0 N–H and O–H groups in total. The van der Waals surface area contributed by atoms with Crippen LogP contribution >= 0.6 is 0 Å².